The van der Waals surface area contributed by atoms with Crippen LogP contribution < -0.4 is 0 Å². The zero-order chi connectivity index (χ0) is 16.7. The lowest BCUT2D eigenvalue weighted by Gasteiger charge is -2.12. The maximum atomic E-state index is 13.1. The summed E-state index contributed by atoms with van der Waals surface area (Å²) >= 11 is 0. The minimum atomic E-state index is -4.90. The van der Waals surface area contributed by atoms with Gasteiger partial charge in [0.2, 0.25) is 0 Å². The molecule has 8 heteroatoms. The average Bonchev–Trinajstić information content (AvgIpc) is 2.42. The first-order valence-corrected chi connectivity index (χ1v) is 5.70. The first kappa shape index (κ1) is 15.9. The number of carboxylic acids is 1. The van der Waals surface area contributed by atoms with Crippen LogP contribution in [0.1, 0.15) is 15.9 Å². The molecule has 0 fully saturated rings. The van der Waals surface area contributed by atoms with Crippen LogP contribution in [0.4, 0.5) is 26.3 Å². The molecule has 116 valence electrons. The van der Waals surface area contributed by atoms with E-state index < -0.39 is 40.7 Å². The van der Waals surface area contributed by atoms with Crippen LogP contribution in [0.15, 0.2) is 30.3 Å². The topological polar surface area (TPSA) is 37.3 Å². The summed E-state index contributed by atoms with van der Waals surface area (Å²) in [6.45, 7) is 0. The monoisotopic (exact) mass is 320 g/mol. The van der Waals surface area contributed by atoms with Crippen molar-refractivity contribution < 1.29 is 36.2 Å². The Balaban J connectivity index is 2.64. The third-order valence-corrected chi connectivity index (χ3v) is 2.87. The molecule has 22 heavy (non-hydrogen) atoms. The van der Waals surface area contributed by atoms with Gasteiger partial charge in [0.05, 0.1) is 11.1 Å². The van der Waals surface area contributed by atoms with Crippen molar-refractivity contribution in [3.05, 3.63) is 58.9 Å². The Morgan fingerprint density at radius 1 is 0.909 bits per heavy atom. The molecule has 2 aromatic rings. The molecule has 2 nitrogen and oxygen atoms in total. The third kappa shape index (κ3) is 2.90. The predicted molar refractivity (Wildman–Crippen MR) is 63.7 cm³/mol. The van der Waals surface area contributed by atoms with E-state index in [1.54, 1.807) is 0 Å². The van der Waals surface area contributed by atoms with E-state index in [4.69, 9.17) is 5.11 Å². The van der Waals surface area contributed by atoms with E-state index in [9.17, 15) is 31.1 Å². The zero-order valence-corrected chi connectivity index (χ0v) is 10.5. The summed E-state index contributed by atoms with van der Waals surface area (Å²) in [7, 11) is 0. The molecule has 0 amide bonds. The van der Waals surface area contributed by atoms with Crippen molar-refractivity contribution in [1.29, 1.82) is 0 Å². The van der Waals surface area contributed by atoms with E-state index in [0.29, 0.717) is 24.3 Å². The first-order chi connectivity index (χ1) is 10.1. The number of aromatic carboxylic acids is 1. The molecule has 0 radical (unpaired) electrons. The highest BCUT2D eigenvalue weighted by molar-refractivity contribution is 5.91. The van der Waals surface area contributed by atoms with Crippen molar-refractivity contribution in [3.8, 4) is 11.1 Å². The molecule has 0 saturated heterocycles. The Morgan fingerprint density at radius 3 is 1.91 bits per heavy atom. The van der Waals surface area contributed by atoms with Crippen LogP contribution >= 0.6 is 0 Å². The van der Waals surface area contributed by atoms with Gasteiger partial charge >= 0.3 is 12.1 Å². The van der Waals surface area contributed by atoms with Crippen LogP contribution in [-0.2, 0) is 6.18 Å². The molecule has 0 saturated carbocycles. The Hall–Kier alpha value is -2.51. The Labute approximate surface area is 119 Å². The van der Waals surface area contributed by atoms with Crippen LogP contribution in [-0.4, -0.2) is 11.1 Å². The van der Waals surface area contributed by atoms with Crippen molar-refractivity contribution in [1.82, 2.24) is 0 Å². The quantitative estimate of drug-likeness (QED) is 0.654. The summed E-state index contributed by atoms with van der Waals surface area (Å²) < 4.78 is 77.2. The summed E-state index contributed by atoms with van der Waals surface area (Å²) in [5.41, 5.74) is -2.95. The molecule has 0 aromatic heterocycles. The number of carbonyl (C=O) groups is 1. The highest BCUT2D eigenvalue weighted by Gasteiger charge is 2.35. The number of alkyl halides is 3. The van der Waals surface area contributed by atoms with Gasteiger partial charge in [0.1, 0.15) is 0 Å². The molecule has 0 aliphatic rings. The van der Waals surface area contributed by atoms with Gasteiger partial charge in [-0.2, -0.15) is 13.2 Å². The highest BCUT2D eigenvalue weighted by Crippen LogP contribution is 2.34. The summed E-state index contributed by atoms with van der Waals surface area (Å²) in [5, 5.41) is 8.85. The highest BCUT2D eigenvalue weighted by atomic mass is 19.4. The number of carboxylic acid groups (broad SMARTS) is 1. The van der Waals surface area contributed by atoms with Crippen molar-refractivity contribution in [2.24, 2.45) is 0 Å². The smallest absolute Gasteiger partial charge is 0.417 e. The van der Waals surface area contributed by atoms with E-state index in [-0.39, 0.29) is 11.1 Å². The summed E-state index contributed by atoms with van der Waals surface area (Å²) in [6, 6.07) is 3.08. The van der Waals surface area contributed by atoms with Gasteiger partial charge in [-0.3, -0.25) is 0 Å². The first-order valence-electron chi connectivity index (χ1n) is 5.70. The van der Waals surface area contributed by atoms with E-state index in [2.05, 4.69) is 0 Å². The van der Waals surface area contributed by atoms with Gasteiger partial charge in [0.15, 0.2) is 17.5 Å². The molecule has 0 heterocycles. The van der Waals surface area contributed by atoms with Crippen LogP contribution in [0.25, 0.3) is 11.1 Å². The van der Waals surface area contributed by atoms with Crippen molar-refractivity contribution >= 4 is 5.97 Å². The third-order valence-electron chi connectivity index (χ3n) is 2.87. The number of halogens is 6. The lowest BCUT2D eigenvalue weighted by molar-refractivity contribution is -0.138. The molecule has 0 unspecified atom stereocenters. The van der Waals surface area contributed by atoms with Crippen molar-refractivity contribution in [2.45, 2.75) is 6.18 Å². The summed E-state index contributed by atoms with van der Waals surface area (Å²) in [4.78, 5) is 10.9. The second-order valence-electron chi connectivity index (χ2n) is 4.32. The van der Waals surface area contributed by atoms with E-state index in [0.717, 1.165) is 6.07 Å². The molecular formula is C14H6F6O2. The minimum Gasteiger partial charge on any atom is -0.478 e. The van der Waals surface area contributed by atoms with E-state index >= 15 is 0 Å². The molecule has 0 spiro atoms. The van der Waals surface area contributed by atoms with Crippen LogP contribution in [0.2, 0.25) is 0 Å². The van der Waals surface area contributed by atoms with Crippen molar-refractivity contribution in [2.75, 3.05) is 0 Å². The lowest BCUT2D eigenvalue weighted by Crippen LogP contribution is -2.12. The SMILES string of the molecule is O=C(O)c1cc(-c2cc(F)c(F)c(F)c2)ccc1C(F)(F)F. The van der Waals surface area contributed by atoms with Gasteiger partial charge in [-0.15, -0.1) is 0 Å². The number of hydrogen-bond acceptors (Lipinski definition) is 1. The number of hydrogen-bond donors (Lipinski definition) is 1. The van der Waals surface area contributed by atoms with Gasteiger partial charge in [0, 0.05) is 0 Å². The predicted octanol–water partition coefficient (Wildman–Crippen LogP) is 4.49. The van der Waals surface area contributed by atoms with Gasteiger partial charge < -0.3 is 5.11 Å². The molecule has 1 N–H and O–H groups in total. The second-order valence-corrected chi connectivity index (χ2v) is 4.32. The van der Waals surface area contributed by atoms with E-state index in [1.165, 1.54) is 0 Å². The second kappa shape index (κ2) is 5.36. The summed E-state index contributed by atoms with van der Waals surface area (Å²) in [6.07, 6.45) is -4.90. The van der Waals surface area contributed by atoms with Gasteiger partial charge in [-0.05, 0) is 35.4 Å². The van der Waals surface area contributed by atoms with Gasteiger partial charge in [-0.1, -0.05) is 6.07 Å². The van der Waals surface area contributed by atoms with Crippen LogP contribution in [0.3, 0.4) is 0 Å². The van der Waals surface area contributed by atoms with Crippen molar-refractivity contribution in [3.63, 3.8) is 0 Å². The fourth-order valence-electron chi connectivity index (χ4n) is 1.87. The maximum absolute atomic E-state index is 13.1. The Bertz CT molecular complexity index is 728. The minimum absolute atomic E-state index is 0.191. The molecule has 0 atom stereocenters. The van der Waals surface area contributed by atoms with Crippen LogP contribution in [0.5, 0.6) is 0 Å². The van der Waals surface area contributed by atoms with Crippen LogP contribution in [0, 0.1) is 17.5 Å². The van der Waals surface area contributed by atoms with Gasteiger partial charge in [-0.25, -0.2) is 18.0 Å². The number of rotatable bonds is 2. The Kier molecular flexibility index (Phi) is 3.87. The maximum Gasteiger partial charge on any atom is 0.417 e. The molecule has 2 aromatic carbocycles. The molecule has 0 aliphatic heterocycles. The summed E-state index contributed by atoms with van der Waals surface area (Å²) in [5.74, 6) is -6.65. The molecular weight excluding hydrogens is 314 g/mol. The molecule has 0 bridgehead atoms. The normalized spacial score (nSPS) is 11.5. The van der Waals surface area contributed by atoms with E-state index in [1.807, 2.05) is 0 Å². The molecule has 0 aliphatic carbocycles. The lowest BCUT2D eigenvalue weighted by atomic mass is 9.98. The zero-order valence-electron chi connectivity index (χ0n) is 10.5. The standard InChI is InChI=1S/C14H6F6O2/c15-10-4-7(5-11(16)12(10)17)6-1-2-9(14(18,19)20)8(3-6)13(21)22/h1-5H,(H,21,22). The Morgan fingerprint density at radius 2 is 1.45 bits per heavy atom. The average molecular weight is 320 g/mol. The van der Waals surface area contributed by atoms with Gasteiger partial charge in [0.25, 0.3) is 0 Å². The number of benzene rings is 2. The fraction of sp³-hybridized carbons (Fsp3) is 0.0714. The largest absolute Gasteiger partial charge is 0.478 e. The fourth-order valence-corrected chi connectivity index (χ4v) is 1.87. The molecule has 2 rings (SSSR count).